The Morgan fingerprint density at radius 2 is 1.96 bits per heavy atom. The third-order valence-electron chi connectivity index (χ3n) is 2.75. The highest BCUT2D eigenvalue weighted by Gasteiger charge is 2.26. The Balaban J connectivity index is 2.92. The number of nitrogens with zero attached hydrogens (tertiary/aromatic N) is 1. The molecule has 0 bridgehead atoms. The van der Waals surface area contributed by atoms with Crippen molar-refractivity contribution in [3.63, 3.8) is 0 Å². The summed E-state index contributed by atoms with van der Waals surface area (Å²) >= 11 is 0. The number of alkyl halides is 2. The van der Waals surface area contributed by atoms with Crippen molar-refractivity contribution in [2.45, 2.75) is 39.0 Å². The molecule has 0 spiro atoms. The van der Waals surface area contributed by atoms with Crippen LogP contribution in [0.1, 0.15) is 20.8 Å². The van der Waals surface area contributed by atoms with Gasteiger partial charge in [0.05, 0.1) is 4.92 Å². The normalized spacial score (nSPS) is 12.2. The van der Waals surface area contributed by atoms with Gasteiger partial charge in [0, 0.05) is 12.1 Å². The maximum atomic E-state index is 12.3. The number of hydrogen-bond donors (Lipinski definition) is 2. The van der Waals surface area contributed by atoms with E-state index in [0.29, 0.717) is 0 Å². The first-order chi connectivity index (χ1) is 12.4. The first-order valence-electron chi connectivity index (χ1n) is 7.47. The molecule has 0 radical (unpaired) electrons. The number of carbonyl (C=O) groups is 2. The van der Waals surface area contributed by atoms with Crippen molar-refractivity contribution >= 4 is 17.7 Å². The van der Waals surface area contributed by atoms with Gasteiger partial charge in [-0.15, -0.1) is 0 Å². The minimum Gasteiger partial charge on any atom is -0.484 e. The Morgan fingerprint density at radius 1 is 1.33 bits per heavy atom. The van der Waals surface area contributed by atoms with E-state index < -0.39 is 59.0 Å². The molecule has 0 aliphatic carbocycles. The number of halogens is 2. The molecule has 1 aromatic carbocycles. The number of amides is 1. The van der Waals surface area contributed by atoms with Crippen molar-refractivity contribution in [1.82, 2.24) is 5.32 Å². The van der Waals surface area contributed by atoms with Crippen LogP contribution in [0.5, 0.6) is 11.5 Å². The SMILES string of the molecule is CC(C)(C)OC(=O)NC(COc1cc(OC(F)F)ccc1[N+](=O)[O-])C(=O)O. The summed E-state index contributed by atoms with van der Waals surface area (Å²) in [5.41, 5.74) is -1.48. The molecular weight excluding hydrogens is 374 g/mol. The molecule has 1 atom stereocenters. The second-order valence-corrected chi connectivity index (χ2v) is 6.11. The van der Waals surface area contributed by atoms with Crippen LogP contribution in [0.3, 0.4) is 0 Å². The van der Waals surface area contributed by atoms with Gasteiger partial charge in [0.2, 0.25) is 5.75 Å². The molecule has 0 aromatic heterocycles. The number of hydrogen-bond acceptors (Lipinski definition) is 7. The van der Waals surface area contributed by atoms with Crippen molar-refractivity contribution in [2.24, 2.45) is 0 Å². The number of carbonyl (C=O) groups excluding carboxylic acids is 1. The molecule has 27 heavy (non-hydrogen) atoms. The van der Waals surface area contributed by atoms with Gasteiger partial charge in [-0.05, 0) is 26.8 Å². The highest BCUT2D eigenvalue weighted by Crippen LogP contribution is 2.32. The molecule has 0 heterocycles. The number of benzene rings is 1. The van der Waals surface area contributed by atoms with E-state index in [2.05, 4.69) is 4.74 Å². The summed E-state index contributed by atoms with van der Waals surface area (Å²) in [5.74, 6) is -2.42. The Kier molecular flexibility index (Phi) is 7.26. The summed E-state index contributed by atoms with van der Waals surface area (Å²) in [7, 11) is 0. The third-order valence-corrected chi connectivity index (χ3v) is 2.75. The zero-order valence-electron chi connectivity index (χ0n) is 14.6. The molecule has 150 valence electrons. The van der Waals surface area contributed by atoms with Gasteiger partial charge in [0.1, 0.15) is 18.0 Å². The molecule has 10 nitrogen and oxygen atoms in total. The Labute approximate surface area is 152 Å². The molecule has 1 aromatic rings. The first kappa shape index (κ1) is 21.9. The Bertz CT molecular complexity index is 706. The lowest BCUT2D eigenvalue weighted by Gasteiger charge is -2.22. The van der Waals surface area contributed by atoms with Crippen LogP contribution in [0, 0.1) is 10.1 Å². The number of alkyl carbamates (subject to hydrolysis) is 1. The largest absolute Gasteiger partial charge is 0.484 e. The number of carboxylic acids is 1. The van der Waals surface area contributed by atoms with Gasteiger partial charge in [0.25, 0.3) is 0 Å². The van der Waals surface area contributed by atoms with E-state index in [0.717, 1.165) is 18.2 Å². The van der Waals surface area contributed by atoms with Crippen LogP contribution >= 0.6 is 0 Å². The van der Waals surface area contributed by atoms with Crippen molar-refractivity contribution < 1.29 is 42.6 Å². The molecule has 12 heteroatoms. The number of nitrogens with one attached hydrogen (secondary N) is 1. The van der Waals surface area contributed by atoms with Crippen LogP contribution in [0.2, 0.25) is 0 Å². The van der Waals surface area contributed by atoms with E-state index in [1.165, 1.54) is 0 Å². The number of nitro benzene ring substituents is 1. The third kappa shape index (κ3) is 7.71. The predicted molar refractivity (Wildman–Crippen MR) is 86.0 cm³/mol. The van der Waals surface area contributed by atoms with Crippen LogP contribution in [0.25, 0.3) is 0 Å². The predicted octanol–water partition coefficient (Wildman–Crippen LogP) is 2.55. The van der Waals surface area contributed by atoms with Gasteiger partial charge >= 0.3 is 24.4 Å². The van der Waals surface area contributed by atoms with E-state index in [1.54, 1.807) is 20.8 Å². The summed E-state index contributed by atoms with van der Waals surface area (Å²) < 4.78 is 38.6. The number of ether oxygens (including phenoxy) is 3. The molecule has 1 rings (SSSR count). The van der Waals surface area contributed by atoms with Gasteiger partial charge in [-0.3, -0.25) is 10.1 Å². The summed E-state index contributed by atoms with van der Waals surface area (Å²) in [6, 6.07) is 1.00. The van der Waals surface area contributed by atoms with Gasteiger partial charge in [-0.1, -0.05) is 0 Å². The van der Waals surface area contributed by atoms with E-state index in [9.17, 15) is 28.5 Å². The molecule has 2 N–H and O–H groups in total. The zero-order chi connectivity index (χ0) is 20.8. The second-order valence-electron chi connectivity index (χ2n) is 6.11. The molecule has 1 amide bonds. The van der Waals surface area contributed by atoms with Gasteiger partial charge in [0.15, 0.2) is 6.04 Å². The number of rotatable bonds is 8. The molecule has 0 saturated carbocycles. The van der Waals surface area contributed by atoms with E-state index >= 15 is 0 Å². The van der Waals surface area contributed by atoms with Crippen LogP contribution in [-0.4, -0.2) is 47.0 Å². The van der Waals surface area contributed by atoms with Crippen molar-refractivity contribution in [1.29, 1.82) is 0 Å². The highest BCUT2D eigenvalue weighted by atomic mass is 19.3. The fourth-order valence-corrected chi connectivity index (χ4v) is 1.73. The smallest absolute Gasteiger partial charge is 0.408 e. The average Bonchev–Trinajstić information content (AvgIpc) is 2.48. The van der Waals surface area contributed by atoms with Gasteiger partial charge in [-0.2, -0.15) is 8.78 Å². The molecule has 0 aliphatic heterocycles. The number of nitro groups is 1. The monoisotopic (exact) mass is 392 g/mol. The van der Waals surface area contributed by atoms with Crippen molar-refractivity contribution in [3.05, 3.63) is 28.3 Å². The lowest BCUT2D eigenvalue weighted by atomic mass is 10.2. The maximum Gasteiger partial charge on any atom is 0.408 e. The molecule has 1 unspecified atom stereocenters. The second kappa shape index (κ2) is 8.96. The topological polar surface area (TPSA) is 137 Å². The van der Waals surface area contributed by atoms with E-state index in [-0.39, 0.29) is 0 Å². The van der Waals surface area contributed by atoms with Crippen LogP contribution < -0.4 is 14.8 Å². The summed E-state index contributed by atoms with van der Waals surface area (Å²) in [6.45, 7) is 0.803. The molecular formula is C15H18F2N2O8. The minimum atomic E-state index is -3.17. The molecule has 0 saturated heterocycles. The van der Waals surface area contributed by atoms with E-state index in [1.807, 2.05) is 5.32 Å². The quantitative estimate of drug-likeness (QED) is 0.509. The highest BCUT2D eigenvalue weighted by molar-refractivity contribution is 5.80. The van der Waals surface area contributed by atoms with Crippen molar-refractivity contribution in [3.8, 4) is 11.5 Å². The van der Waals surface area contributed by atoms with Crippen LogP contribution in [-0.2, 0) is 9.53 Å². The van der Waals surface area contributed by atoms with Crippen molar-refractivity contribution in [2.75, 3.05) is 6.61 Å². The van der Waals surface area contributed by atoms with Gasteiger partial charge in [-0.25, -0.2) is 9.59 Å². The van der Waals surface area contributed by atoms with E-state index in [4.69, 9.17) is 14.6 Å². The first-order valence-corrected chi connectivity index (χ1v) is 7.47. The fourth-order valence-electron chi connectivity index (χ4n) is 1.73. The number of carboxylic acid groups (broad SMARTS) is 1. The van der Waals surface area contributed by atoms with Crippen LogP contribution in [0.4, 0.5) is 19.3 Å². The average molecular weight is 392 g/mol. The Hall–Kier alpha value is -3.18. The summed E-state index contributed by atoms with van der Waals surface area (Å²) in [6.07, 6.45) is -1.04. The minimum absolute atomic E-state index is 0.419. The molecule has 0 fully saturated rings. The summed E-state index contributed by atoms with van der Waals surface area (Å²) in [4.78, 5) is 33.1. The molecule has 0 aliphatic rings. The van der Waals surface area contributed by atoms with Crippen LogP contribution in [0.15, 0.2) is 18.2 Å². The number of aliphatic carboxylic acids is 1. The zero-order valence-corrected chi connectivity index (χ0v) is 14.6. The lowest BCUT2D eigenvalue weighted by Crippen LogP contribution is -2.46. The fraction of sp³-hybridized carbons (Fsp3) is 0.467. The van der Waals surface area contributed by atoms with Gasteiger partial charge < -0.3 is 24.6 Å². The summed E-state index contributed by atoms with van der Waals surface area (Å²) in [5, 5.41) is 22.2. The lowest BCUT2D eigenvalue weighted by molar-refractivity contribution is -0.385. The Morgan fingerprint density at radius 3 is 2.44 bits per heavy atom. The maximum absolute atomic E-state index is 12.3. The standard InChI is InChI=1S/C15H18F2N2O8/c1-15(2,3)27-14(22)18-9(12(20)21)7-25-11-6-8(26-13(16)17)4-5-10(11)19(23)24/h4-6,9,13H,7H2,1-3H3,(H,18,22)(H,20,21).